The number of hydrazine groups is 1. The van der Waals surface area contributed by atoms with Gasteiger partial charge in [0, 0.05) is 17.6 Å². The summed E-state index contributed by atoms with van der Waals surface area (Å²) < 4.78 is 26.4. The van der Waals surface area contributed by atoms with Crippen molar-refractivity contribution in [2.45, 2.75) is 0 Å². The number of hydrogen-bond acceptors (Lipinski definition) is 4. The second-order valence-electron chi connectivity index (χ2n) is 3.34. The quantitative estimate of drug-likeness (QED) is 0.387. The van der Waals surface area contributed by atoms with Crippen LogP contribution in [0.5, 0.6) is 0 Å². The lowest BCUT2D eigenvalue weighted by Crippen LogP contribution is -2.30. The summed E-state index contributed by atoms with van der Waals surface area (Å²) >= 11 is 0. The number of amides is 1. The van der Waals surface area contributed by atoms with Gasteiger partial charge in [0.05, 0.1) is 11.3 Å². The molecule has 0 saturated heterocycles. The second-order valence-corrected chi connectivity index (χ2v) is 3.34. The third-order valence-electron chi connectivity index (χ3n) is 2.31. The van der Waals surface area contributed by atoms with Crippen molar-refractivity contribution in [2.75, 3.05) is 5.73 Å². The minimum Gasteiger partial charge on any atom is -0.397 e. The highest BCUT2D eigenvalue weighted by Crippen LogP contribution is 2.25. The summed E-state index contributed by atoms with van der Waals surface area (Å²) in [4.78, 5) is 15.0. The Labute approximate surface area is 94.4 Å². The van der Waals surface area contributed by atoms with Crippen molar-refractivity contribution in [2.24, 2.45) is 5.84 Å². The number of nitrogen functional groups attached to an aromatic ring is 2. The van der Waals surface area contributed by atoms with E-state index in [1.165, 1.54) is 0 Å². The zero-order valence-corrected chi connectivity index (χ0v) is 8.50. The third-order valence-corrected chi connectivity index (χ3v) is 2.31. The first kappa shape index (κ1) is 11.2. The number of carbonyl (C=O) groups is 1. The standard InChI is InChI=1S/C10H8F2N4O/c11-4-1-5-8(13)6(10(17)16-14)3-15-9(5)7(12)2-4/h1-3H,14H2,(H2,13,15)(H,16,17). The maximum absolute atomic E-state index is 13.4. The zero-order valence-electron chi connectivity index (χ0n) is 8.50. The van der Waals surface area contributed by atoms with Crippen molar-refractivity contribution in [3.05, 3.63) is 35.5 Å². The Morgan fingerprint density at radius 2 is 2.06 bits per heavy atom. The highest BCUT2D eigenvalue weighted by atomic mass is 19.1. The van der Waals surface area contributed by atoms with Gasteiger partial charge in [-0.05, 0) is 6.07 Å². The number of carbonyl (C=O) groups excluding carboxylic acids is 1. The monoisotopic (exact) mass is 238 g/mol. The van der Waals surface area contributed by atoms with Crippen LogP contribution in [0.1, 0.15) is 10.4 Å². The van der Waals surface area contributed by atoms with Crippen molar-refractivity contribution in [1.82, 2.24) is 10.4 Å². The van der Waals surface area contributed by atoms with E-state index in [4.69, 9.17) is 11.6 Å². The third kappa shape index (κ3) is 1.76. The Morgan fingerprint density at radius 1 is 1.35 bits per heavy atom. The number of hydrogen-bond donors (Lipinski definition) is 3. The van der Waals surface area contributed by atoms with Crippen LogP contribution >= 0.6 is 0 Å². The van der Waals surface area contributed by atoms with Crippen LogP contribution in [-0.4, -0.2) is 10.9 Å². The highest BCUT2D eigenvalue weighted by molar-refractivity contribution is 6.06. The summed E-state index contributed by atoms with van der Waals surface area (Å²) in [5.74, 6) is 2.63. The Morgan fingerprint density at radius 3 is 2.71 bits per heavy atom. The molecule has 0 saturated carbocycles. The highest BCUT2D eigenvalue weighted by Gasteiger charge is 2.15. The molecular weight excluding hydrogens is 230 g/mol. The van der Waals surface area contributed by atoms with Crippen LogP contribution < -0.4 is 17.0 Å². The van der Waals surface area contributed by atoms with Crippen LogP contribution in [0.3, 0.4) is 0 Å². The molecule has 88 valence electrons. The summed E-state index contributed by atoms with van der Waals surface area (Å²) in [5.41, 5.74) is 7.30. The molecule has 1 heterocycles. The molecule has 1 aromatic carbocycles. The first-order valence-electron chi connectivity index (χ1n) is 4.58. The Kier molecular flexibility index (Phi) is 2.60. The van der Waals surface area contributed by atoms with Gasteiger partial charge in [0.2, 0.25) is 0 Å². The normalized spacial score (nSPS) is 10.5. The van der Waals surface area contributed by atoms with Crippen molar-refractivity contribution in [3.63, 3.8) is 0 Å². The van der Waals surface area contributed by atoms with Crippen molar-refractivity contribution in [1.29, 1.82) is 0 Å². The van der Waals surface area contributed by atoms with E-state index in [9.17, 15) is 13.6 Å². The maximum Gasteiger partial charge on any atom is 0.268 e. The molecule has 0 aliphatic carbocycles. The number of anilines is 1. The molecule has 2 aromatic rings. The average molecular weight is 238 g/mol. The van der Waals surface area contributed by atoms with E-state index in [1.807, 2.05) is 5.43 Å². The van der Waals surface area contributed by atoms with E-state index in [-0.39, 0.29) is 22.2 Å². The van der Waals surface area contributed by atoms with Gasteiger partial charge in [-0.2, -0.15) is 0 Å². The molecule has 7 heteroatoms. The predicted molar refractivity (Wildman–Crippen MR) is 57.7 cm³/mol. The molecule has 2 rings (SSSR count). The molecule has 0 aliphatic heterocycles. The van der Waals surface area contributed by atoms with E-state index in [2.05, 4.69) is 4.98 Å². The van der Waals surface area contributed by atoms with Gasteiger partial charge in [-0.3, -0.25) is 15.2 Å². The number of pyridine rings is 1. The molecule has 5 nitrogen and oxygen atoms in total. The molecular formula is C10H8F2N4O. The molecule has 0 bridgehead atoms. The lowest BCUT2D eigenvalue weighted by atomic mass is 10.1. The topological polar surface area (TPSA) is 94.0 Å². The zero-order chi connectivity index (χ0) is 12.6. The Hall–Kier alpha value is -2.28. The summed E-state index contributed by atoms with van der Waals surface area (Å²) in [7, 11) is 0. The van der Waals surface area contributed by atoms with Gasteiger partial charge >= 0.3 is 0 Å². The van der Waals surface area contributed by atoms with Crippen molar-refractivity contribution < 1.29 is 13.6 Å². The molecule has 5 N–H and O–H groups in total. The molecule has 0 fully saturated rings. The number of rotatable bonds is 1. The SMILES string of the molecule is NNC(=O)c1cnc2c(F)cc(F)cc2c1N. The summed E-state index contributed by atoms with van der Waals surface area (Å²) in [5, 5.41) is 0.0311. The Balaban J connectivity index is 2.79. The summed E-state index contributed by atoms with van der Waals surface area (Å²) in [6.45, 7) is 0. The van der Waals surface area contributed by atoms with Crippen molar-refractivity contribution >= 4 is 22.5 Å². The van der Waals surface area contributed by atoms with Gasteiger partial charge in [0.15, 0.2) is 5.82 Å². The molecule has 17 heavy (non-hydrogen) atoms. The predicted octanol–water partition coefficient (Wildman–Crippen LogP) is 0.699. The second kappa shape index (κ2) is 3.95. The fourth-order valence-electron chi connectivity index (χ4n) is 1.50. The largest absolute Gasteiger partial charge is 0.397 e. The number of benzene rings is 1. The van der Waals surface area contributed by atoms with Gasteiger partial charge in [0.25, 0.3) is 5.91 Å². The smallest absolute Gasteiger partial charge is 0.268 e. The van der Waals surface area contributed by atoms with Crippen LogP contribution in [0.2, 0.25) is 0 Å². The van der Waals surface area contributed by atoms with Crippen LogP contribution in [0, 0.1) is 11.6 Å². The molecule has 0 atom stereocenters. The summed E-state index contributed by atoms with van der Waals surface area (Å²) in [6, 6.07) is 1.70. The number of nitrogens with one attached hydrogen (secondary N) is 1. The maximum atomic E-state index is 13.4. The van der Waals surface area contributed by atoms with Crippen molar-refractivity contribution in [3.8, 4) is 0 Å². The number of aromatic nitrogens is 1. The lowest BCUT2D eigenvalue weighted by molar-refractivity contribution is 0.0954. The summed E-state index contributed by atoms with van der Waals surface area (Å²) in [6.07, 6.45) is 1.08. The Bertz CT molecular complexity index is 615. The number of nitrogens with two attached hydrogens (primary N) is 2. The van der Waals surface area contributed by atoms with Gasteiger partial charge < -0.3 is 5.73 Å². The van der Waals surface area contributed by atoms with E-state index in [1.54, 1.807) is 0 Å². The molecule has 0 spiro atoms. The molecule has 0 unspecified atom stereocenters. The molecule has 1 amide bonds. The molecule has 0 radical (unpaired) electrons. The van der Waals surface area contributed by atoms with E-state index >= 15 is 0 Å². The van der Waals surface area contributed by atoms with Crippen LogP contribution in [0.4, 0.5) is 14.5 Å². The number of halogens is 2. The van der Waals surface area contributed by atoms with Gasteiger partial charge in [0.1, 0.15) is 11.3 Å². The van der Waals surface area contributed by atoms with Crippen LogP contribution in [0.15, 0.2) is 18.3 Å². The molecule has 1 aromatic heterocycles. The first-order valence-corrected chi connectivity index (χ1v) is 4.58. The van der Waals surface area contributed by atoms with Gasteiger partial charge in [-0.25, -0.2) is 14.6 Å². The minimum absolute atomic E-state index is 0.0311. The number of fused-ring (bicyclic) bond motifs is 1. The first-order chi connectivity index (χ1) is 8.04. The average Bonchev–Trinajstić information content (AvgIpc) is 2.29. The van der Waals surface area contributed by atoms with E-state index in [0.717, 1.165) is 12.3 Å². The van der Waals surface area contributed by atoms with Gasteiger partial charge in [-0.15, -0.1) is 0 Å². The lowest BCUT2D eigenvalue weighted by Gasteiger charge is -2.07. The fourth-order valence-corrected chi connectivity index (χ4v) is 1.50. The fraction of sp³-hybridized carbons (Fsp3) is 0. The van der Waals surface area contributed by atoms with E-state index in [0.29, 0.717) is 6.07 Å². The number of nitrogens with zero attached hydrogens (tertiary/aromatic N) is 1. The molecule has 0 aliphatic rings. The van der Waals surface area contributed by atoms with Gasteiger partial charge in [-0.1, -0.05) is 0 Å². The minimum atomic E-state index is -0.841. The van der Waals surface area contributed by atoms with Crippen LogP contribution in [-0.2, 0) is 0 Å². The van der Waals surface area contributed by atoms with E-state index < -0.39 is 17.5 Å². The van der Waals surface area contributed by atoms with Crippen LogP contribution in [0.25, 0.3) is 10.9 Å².